The van der Waals surface area contributed by atoms with Crippen LogP contribution in [0.4, 0.5) is 0 Å². The highest BCUT2D eigenvalue weighted by Crippen LogP contribution is 2.18. The van der Waals surface area contributed by atoms with Gasteiger partial charge in [-0.3, -0.25) is 4.79 Å². The Morgan fingerprint density at radius 2 is 2.06 bits per heavy atom. The fourth-order valence-corrected chi connectivity index (χ4v) is 2.13. The summed E-state index contributed by atoms with van der Waals surface area (Å²) in [4.78, 5) is 20.7. The second kappa shape index (κ2) is 5.39. The van der Waals surface area contributed by atoms with E-state index in [1.54, 1.807) is 6.20 Å². The van der Waals surface area contributed by atoms with Crippen molar-refractivity contribution in [2.45, 2.75) is 52.4 Å². The van der Waals surface area contributed by atoms with Gasteiger partial charge in [-0.05, 0) is 31.6 Å². The summed E-state index contributed by atoms with van der Waals surface area (Å²) in [7, 11) is 0. The minimum Gasteiger partial charge on any atom is -0.294 e. The highest BCUT2D eigenvalue weighted by molar-refractivity contribution is 5.97. The van der Waals surface area contributed by atoms with Crippen LogP contribution < -0.4 is 0 Å². The third kappa shape index (κ3) is 3.11. The van der Waals surface area contributed by atoms with Crippen molar-refractivity contribution in [2.24, 2.45) is 5.92 Å². The van der Waals surface area contributed by atoms with Gasteiger partial charge in [0, 0.05) is 19.0 Å². The Morgan fingerprint density at radius 1 is 1.29 bits per heavy atom. The molecule has 1 aliphatic carbocycles. The molecule has 0 radical (unpaired) electrons. The maximum absolute atomic E-state index is 11.8. The van der Waals surface area contributed by atoms with Crippen LogP contribution in [0.3, 0.4) is 0 Å². The third-order valence-electron chi connectivity index (χ3n) is 3.23. The zero-order chi connectivity index (χ0) is 12.3. The fourth-order valence-electron chi connectivity index (χ4n) is 2.13. The van der Waals surface area contributed by atoms with Crippen LogP contribution in [0.2, 0.25) is 0 Å². The summed E-state index contributed by atoms with van der Waals surface area (Å²) in [6.07, 6.45) is 7.40. The molecule has 1 aromatic heterocycles. The van der Waals surface area contributed by atoms with E-state index < -0.39 is 0 Å². The number of fused-ring (bicyclic) bond motifs is 1. The van der Waals surface area contributed by atoms with E-state index in [9.17, 15) is 4.79 Å². The molecule has 0 unspecified atom stereocenters. The molecular formula is C14H20N2O. The molecule has 0 fully saturated rings. The van der Waals surface area contributed by atoms with Gasteiger partial charge in [-0.1, -0.05) is 13.8 Å². The zero-order valence-electron chi connectivity index (χ0n) is 10.7. The Kier molecular flexibility index (Phi) is 3.87. The summed E-state index contributed by atoms with van der Waals surface area (Å²) in [5.41, 5.74) is 1.73. The van der Waals surface area contributed by atoms with Crippen molar-refractivity contribution in [3.8, 4) is 0 Å². The summed E-state index contributed by atoms with van der Waals surface area (Å²) < 4.78 is 0. The monoisotopic (exact) mass is 232 g/mol. The number of hydrogen-bond acceptors (Lipinski definition) is 3. The molecule has 1 aliphatic rings. The van der Waals surface area contributed by atoms with Crippen molar-refractivity contribution >= 4 is 5.78 Å². The molecule has 0 saturated heterocycles. The number of carbonyl (C=O) groups excluding carboxylic acids is 1. The van der Waals surface area contributed by atoms with E-state index in [1.165, 1.54) is 0 Å². The summed E-state index contributed by atoms with van der Waals surface area (Å²) in [5.74, 6) is 1.78. The normalized spacial score (nSPS) is 15.8. The van der Waals surface area contributed by atoms with Crippen molar-refractivity contribution in [3.63, 3.8) is 0 Å². The van der Waals surface area contributed by atoms with Crippen LogP contribution in [-0.4, -0.2) is 15.8 Å². The minimum atomic E-state index is 0.216. The second-order valence-electron chi connectivity index (χ2n) is 5.21. The van der Waals surface area contributed by atoms with Crippen molar-refractivity contribution in [1.29, 1.82) is 0 Å². The molecule has 3 heteroatoms. The molecule has 1 heterocycles. The van der Waals surface area contributed by atoms with Crippen LogP contribution in [0.1, 0.15) is 61.4 Å². The molecule has 0 saturated carbocycles. The summed E-state index contributed by atoms with van der Waals surface area (Å²) >= 11 is 0. The van der Waals surface area contributed by atoms with Crippen LogP contribution in [0, 0.1) is 5.92 Å². The molecule has 3 nitrogen and oxygen atoms in total. The maximum atomic E-state index is 11.8. The molecule has 2 rings (SSSR count). The molecule has 0 aromatic carbocycles. The molecule has 0 amide bonds. The maximum Gasteiger partial charge on any atom is 0.166 e. The van der Waals surface area contributed by atoms with Crippen LogP contribution in [-0.2, 0) is 12.8 Å². The first-order valence-electron chi connectivity index (χ1n) is 6.55. The van der Waals surface area contributed by atoms with Gasteiger partial charge in [-0.2, -0.15) is 0 Å². The van der Waals surface area contributed by atoms with E-state index >= 15 is 0 Å². The van der Waals surface area contributed by atoms with E-state index in [1.807, 2.05) is 0 Å². The summed E-state index contributed by atoms with van der Waals surface area (Å²) in [5, 5.41) is 0. The van der Waals surface area contributed by atoms with Crippen LogP contribution in [0.25, 0.3) is 0 Å². The first kappa shape index (κ1) is 12.2. The number of rotatable bonds is 3. The van der Waals surface area contributed by atoms with E-state index in [-0.39, 0.29) is 5.78 Å². The second-order valence-corrected chi connectivity index (χ2v) is 5.21. The highest BCUT2D eigenvalue weighted by atomic mass is 16.1. The van der Waals surface area contributed by atoms with Crippen molar-refractivity contribution in [3.05, 3.63) is 23.3 Å². The highest BCUT2D eigenvalue weighted by Gasteiger charge is 2.17. The molecule has 0 aliphatic heterocycles. The topological polar surface area (TPSA) is 42.9 Å². The van der Waals surface area contributed by atoms with E-state index in [4.69, 9.17) is 0 Å². The molecule has 1 aromatic rings. The van der Waals surface area contributed by atoms with Gasteiger partial charge < -0.3 is 0 Å². The van der Waals surface area contributed by atoms with Gasteiger partial charge in [0.05, 0.1) is 11.3 Å². The number of hydrogen-bond donors (Lipinski definition) is 0. The van der Waals surface area contributed by atoms with Crippen LogP contribution in [0.5, 0.6) is 0 Å². The molecule has 0 bridgehead atoms. The fraction of sp³-hybridized carbons (Fsp3) is 0.643. The van der Waals surface area contributed by atoms with Gasteiger partial charge in [-0.25, -0.2) is 9.97 Å². The number of carbonyl (C=O) groups is 1. The summed E-state index contributed by atoms with van der Waals surface area (Å²) in [6.45, 7) is 4.40. The Hall–Kier alpha value is -1.25. The number of nitrogens with zero attached hydrogens (tertiary/aromatic N) is 2. The number of aromatic nitrogens is 2. The SMILES string of the molecule is CC(C)CCc1ncc2c(n1)CCCCC2=O. The molecule has 0 atom stereocenters. The quantitative estimate of drug-likeness (QED) is 0.752. The van der Waals surface area contributed by atoms with Gasteiger partial charge in [0.15, 0.2) is 5.78 Å². The lowest BCUT2D eigenvalue weighted by molar-refractivity contribution is 0.0981. The van der Waals surface area contributed by atoms with Crippen molar-refractivity contribution in [2.75, 3.05) is 0 Å². The Labute approximate surface area is 103 Å². The summed E-state index contributed by atoms with van der Waals surface area (Å²) in [6, 6.07) is 0. The van der Waals surface area contributed by atoms with Crippen LogP contribution >= 0.6 is 0 Å². The van der Waals surface area contributed by atoms with E-state index in [0.29, 0.717) is 12.3 Å². The smallest absolute Gasteiger partial charge is 0.166 e. The molecule has 92 valence electrons. The van der Waals surface area contributed by atoms with Gasteiger partial charge in [0.25, 0.3) is 0 Å². The van der Waals surface area contributed by atoms with Gasteiger partial charge >= 0.3 is 0 Å². The number of ketones is 1. The van der Waals surface area contributed by atoms with Crippen LogP contribution in [0.15, 0.2) is 6.20 Å². The zero-order valence-corrected chi connectivity index (χ0v) is 10.7. The largest absolute Gasteiger partial charge is 0.294 e. The van der Waals surface area contributed by atoms with Gasteiger partial charge in [0.2, 0.25) is 0 Å². The minimum absolute atomic E-state index is 0.216. The van der Waals surface area contributed by atoms with Crippen molar-refractivity contribution < 1.29 is 4.79 Å². The Balaban J connectivity index is 2.18. The average Bonchev–Trinajstić information content (AvgIpc) is 2.49. The lowest BCUT2D eigenvalue weighted by Gasteiger charge is -2.07. The van der Waals surface area contributed by atoms with Crippen molar-refractivity contribution in [1.82, 2.24) is 9.97 Å². The van der Waals surface area contributed by atoms with E-state index in [2.05, 4.69) is 23.8 Å². The molecular weight excluding hydrogens is 212 g/mol. The lowest BCUT2D eigenvalue weighted by Crippen LogP contribution is -2.07. The predicted octanol–water partition coefficient (Wildman–Crippen LogP) is 2.97. The van der Waals surface area contributed by atoms with Gasteiger partial charge in [-0.15, -0.1) is 0 Å². The average molecular weight is 232 g/mol. The Morgan fingerprint density at radius 3 is 2.82 bits per heavy atom. The number of Topliss-reactive ketones (excluding diaryl/α,β-unsaturated/α-hetero) is 1. The molecule has 0 N–H and O–H groups in total. The third-order valence-corrected chi connectivity index (χ3v) is 3.23. The molecule has 17 heavy (non-hydrogen) atoms. The van der Waals surface area contributed by atoms with Gasteiger partial charge in [0.1, 0.15) is 5.82 Å². The standard InChI is InChI=1S/C14H20N2O/c1-10(2)7-8-14-15-9-11-12(16-14)5-3-4-6-13(11)17/h9-10H,3-8H2,1-2H3. The lowest BCUT2D eigenvalue weighted by atomic mass is 10.1. The Bertz CT molecular complexity index is 413. The van der Waals surface area contributed by atoms with E-state index in [0.717, 1.165) is 49.2 Å². The predicted molar refractivity (Wildman–Crippen MR) is 67.1 cm³/mol. The number of aryl methyl sites for hydroxylation is 2. The molecule has 0 spiro atoms. The first-order chi connectivity index (χ1) is 8.16. The first-order valence-corrected chi connectivity index (χ1v) is 6.55.